The number of hydrogen-bond acceptors (Lipinski definition) is 5. The van der Waals surface area contributed by atoms with Crippen molar-refractivity contribution in [2.45, 2.75) is 50.0 Å². The molecule has 0 radical (unpaired) electrons. The van der Waals surface area contributed by atoms with E-state index in [1.807, 2.05) is 6.20 Å². The van der Waals surface area contributed by atoms with Gasteiger partial charge >= 0.3 is 0 Å². The summed E-state index contributed by atoms with van der Waals surface area (Å²) in [6.07, 6.45) is 6.96. The van der Waals surface area contributed by atoms with Gasteiger partial charge in [-0.1, -0.05) is 25.0 Å². The first kappa shape index (κ1) is 27.6. The van der Waals surface area contributed by atoms with E-state index in [1.165, 1.54) is 12.1 Å². The van der Waals surface area contributed by atoms with E-state index in [4.69, 9.17) is 5.10 Å². The minimum atomic E-state index is -2.14. The summed E-state index contributed by atoms with van der Waals surface area (Å²) in [7, 11) is -0.421. The molecule has 41 heavy (non-hydrogen) atoms. The molecule has 2 aromatic carbocycles. The Hall–Kier alpha value is -3.55. The molecule has 10 heteroatoms. The Morgan fingerprint density at radius 2 is 1.76 bits per heavy atom. The van der Waals surface area contributed by atoms with Crippen molar-refractivity contribution >= 4 is 21.7 Å². The molecule has 2 heterocycles. The van der Waals surface area contributed by atoms with Crippen LogP contribution in [0.5, 0.6) is 0 Å². The van der Waals surface area contributed by atoms with E-state index in [2.05, 4.69) is 44.9 Å². The van der Waals surface area contributed by atoms with Crippen LogP contribution in [0.4, 0.5) is 10.1 Å². The lowest BCUT2D eigenvalue weighted by Crippen LogP contribution is -2.43. The number of aromatic nitrogens is 2. The van der Waals surface area contributed by atoms with Crippen LogP contribution in [-0.2, 0) is 14.9 Å². The maximum atomic E-state index is 13.7. The fraction of sp³-hybridized carbons (Fsp3) is 0.452. The Bertz CT molecular complexity index is 1510. The highest BCUT2D eigenvalue weighted by atomic mass is 32.3. The number of amides is 1. The van der Waals surface area contributed by atoms with Gasteiger partial charge in [0, 0.05) is 60.9 Å². The molecule has 3 fully saturated rings. The molecule has 1 aliphatic heterocycles. The number of hydrogen-bond donors (Lipinski definition) is 3. The third-order valence-corrected chi connectivity index (χ3v) is 11.6. The lowest BCUT2D eigenvalue weighted by molar-refractivity contribution is -0.127. The fourth-order valence-electron chi connectivity index (χ4n) is 6.20. The zero-order valence-corrected chi connectivity index (χ0v) is 24.2. The van der Waals surface area contributed by atoms with Crippen LogP contribution < -0.4 is 10.2 Å². The summed E-state index contributed by atoms with van der Waals surface area (Å²) in [6, 6.07) is 16.9. The predicted molar refractivity (Wildman–Crippen MR) is 161 cm³/mol. The molecule has 6 rings (SSSR count). The van der Waals surface area contributed by atoms with E-state index in [1.54, 1.807) is 23.9 Å². The average molecular weight is 577 g/mol. The lowest BCUT2D eigenvalue weighted by Gasteiger charge is -2.37. The van der Waals surface area contributed by atoms with Gasteiger partial charge in [-0.3, -0.25) is 9.16 Å². The van der Waals surface area contributed by atoms with E-state index in [9.17, 15) is 19.0 Å². The van der Waals surface area contributed by atoms with Crippen molar-refractivity contribution in [1.29, 1.82) is 5.26 Å². The molecule has 2 atom stereocenters. The molecule has 1 aromatic heterocycles. The molecule has 8 nitrogen and oxygen atoms in total. The van der Waals surface area contributed by atoms with E-state index < -0.39 is 15.6 Å². The van der Waals surface area contributed by atoms with Crippen LogP contribution in [0.15, 0.2) is 59.1 Å². The Balaban J connectivity index is 1.33. The van der Waals surface area contributed by atoms with E-state index in [0.717, 1.165) is 67.0 Å². The third kappa shape index (κ3) is 5.66. The molecule has 2 N–H and O–H groups in total. The summed E-state index contributed by atoms with van der Waals surface area (Å²) in [4.78, 5) is 15.8. The second-order valence-corrected chi connectivity index (χ2v) is 14.6. The highest BCUT2D eigenvalue weighted by Crippen LogP contribution is 2.43. The molecule has 0 bridgehead atoms. The molecule has 3 aliphatic rings. The van der Waals surface area contributed by atoms with E-state index >= 15 is 0 Å². The summed E-state index contributed by atoms with van der Waals surface area (Å²) in [5, 5.41) is 17.6. The van der Waals surface area contributed by atoms with Crippen molar-refractivity contribution in [2.24, 2.45) is 10.3 Å². The Kier molecular flexibility index (Phi) is 7.43. The summed E-state index contributed by atoms with van der Waals surface area (Å²) in [5.41, 5.74) is 3.96. The highest BCUT2D eigenvalue weighted by molar-refractivity contribution is 8.00. The summed E-state index contributed by atoms with van der Waals surface area (Å²) in [6.45, 7) is 1.55. The van der Waals surface area contributed by atoms with E-state index in [0.29, 0.717) is 24.3 Å². The van der Waals surface area contributed by atoms with Crippen LogP contribution >= 0.6 is 0 Å². The molecule has 0 spiro atoms. The molecule has 0 unspecified atom stereocenters. The first-order valence-corrected chi connectivity index (χ1v) is 16.5. The SMILES string of the molecule is CN=[SH]1(O)CCN(c2ccc(-c3cn(-c4ccc(F)cc4)nc3[C@@H]3CCCC[C@H]3C(=O)NC3(C#N)CC3)cc2)CC1. The molecule has 216 valence electrons. The van der Waals surface area contributed by atoms with Crippen LogP contribution in [0.25, 0.3) is 16.8 Å². The number of benzene rings is 2. The van der Waals surface area contributed by atoms with Crippen LogP contribution in [0, 0.1) is 23.1 Å². The Morgan fingerprint density at radius 1 is 1.10 bits per heavy atom. The van der Waals surface area contributed by atoms with Crippen molar-refractivity contribution in [3.63, 3.8) is 0 Å². The van der Waals surface area contributed by atoms with Crippen molar-refractivity contribution in [3.8, 4) is 22.9 Å². The minimum absolute atomic E-state index is 0.0573. The highest BCUT2D eigenvalue weighted by Gasteiger charge is 2.47. The predicted octanol–water partition coefficient (Wildman–Crippen LogP) is 5.12. The van der Waals surface area contributed by atoms with Gasteiger partial charge in [0.15, 0.2) is 0 Å². The molecule has 2 saturated carbocycles. The first-order chi connectivity index (χ1) is 19.8. The number of nitrogens with one attached hydrogen (secondary N) is 1. The van der Waals surface area contributed by atoms with Crippen molar-refractivity contribution in [2.75, 3.05) is 36.5 Å². The number of carbonyl (C=O) groups excluding carboxylic acids is 1. The second kappa shape index (κ2) is 11.0. The number of anilines is 1. The van der Waals surface area contributed by atoms with Gasteiger partial charge in [-0.15, -0.1) is 10.1 Å². The molecule has 2 aliphatic carbocycles. The second-order valence-electron chi connectivity index (χ2n) is 11.6. The molecular weight excluding hydrogens is 539 g/mol. The lowest BCUT2D eigenvalue weighted by atomic mass is 9.75. The van der Waals surface area contributed by atoms with Gasteiger partial charge in [0.2, 0.25) is 5.91 Å². The number of rotatable bonds is 6. The van der Waals surface area contributed by atoms with Crippen LogP contribution in [0.1, 0.15) is 50.1 Å². The number of carbonyl (C=O) groups is 1. The number of nitrogens with zero attached hydrogens (tertiary/aromatic N) is 5. The molecule has 1 amide bonds. The van der Waals surface area contributed by atoms with Gasteiger partial charge in [-0.25, -0.2) is 9.07 Å². The Morgan fingerprint density at radius 3 is 2.39 bits per heavy atom. The Labute approximate surface area is 241 Å². The smallest absolute Gasteiger partial charge is 0.225 e. The van der Waals surface area contributed by atoms with Crippen LogP contribution in [0.3, 0.4) is 0 Å². The molecule has 1 saturated heterocycles. The summed E-state index contributed by atoms with van der Waals surface area (Å²) < 4.78 is 30.3. The van der Waals surface area contributed by atoms with E-state index in [-0.39, 0.29) is 23.6 Å². The first-order valence-electron chi connectivity index (χ1n) is 14.5. The summed E-state index contributed by atoms with van der Waals surface area (Å²) >= 11 is 0. The van der Waals surface area contributed by atoms with Gasteiger partial charge in [0.05, 0.1) is 17.5 Å². The van der Waals surface area contributed by atoms with Crippen molar-refractivity contribution in [1.82, 2.24) is 15.1 Å². The number of nitriles is 1. The van der Waals surface area contributed by atoms with Gasteiger partial charge in [0.25, 0.3) is 0 Å². The average Bonchev–Trinajstić information content (AvgIpc) is 3.64. The third-order valence-electron chi connectivity index (χ3n) is 8.99. The van der Waals surface area contributed by atoms with Gasteiger partial charge in [-0.2, -0.15) is 10.4 Å². The summed E-state index contributed by atoms with van der Waals surface area (Å²) in [5.74, 6) is 0.701. The zero-order chi connectivity index (χ0) is 28.6. The van der Waals surface area contributed by atoms with Crippen molar-refractivity contribution < 1.29 is 13.7 Å². The van der Waals surface area contributed by atoms with Crippen LogP contribution in [0.2, 0.25) is 0 Å². The molecular formula is C31H37FN6O2S. The number of halogens is 1. The largest absolute Gasteiger partial charge is 0.370 e. The molecule has 3 aromatic rings. The van der Waals surface area contributed by atoms with Gasteiger partial charge in [-0.05, 0) is 67.6 Å². The number of thiol groups is 1. The quantitative estimate of drug-likeness (QED) is 0.354. The monoisotopic (exact) mass is 576 g/mol. The van der Waals surface area contributed by atoms with Crippen molar-refractivity contribution in [3.05, 3.63) is 66.2 Å². The minimum Gasteiger partial charge on any atom is -0.370 e. The normalized spacial score (nSPS) is 23.7. The maximum absolute atomic E-state index is 13.7. The zero-order valence-electron chi connectivity index (χ0n) is 23.3. The van der Waals surface area contributed by atoms with Crippen LogP contribution in [-0.4, -0.2) is 57.4 Å². The van der Waals surface area contributed by atoms with Gasteiger partial charge < -0.3 is 14.8 Å². The standard InChI is InChI=1S/C31H37FN6O2S/c1-34-41(40)18-16-37(17-19-41)24-10-6-22(7-11-24)28-20-38(25-12-8-23(32)9-13-25)36-29(28)26-4-2-3-5-27(26)30(39)35-31(21-33)14-15-31/h6-13,20,26-27,41H,2-5,14-19H2,1H3,(H,34,40)(H,35,39)/t26-,27-/m1/s1. The maximum Gasteiger partial charge on any atom is 0.225 e. The van der Waals surface area contributed by atoms with Gasteiger partial charge in [0.1, 0.15) is 11.4 Å². The topological polar surface area (TPSA) is 107 Å². The fourth-order valence-corrected chi connectivity index (χ4v) is 7.94.